The number of carbonyl (C=O) groups is 2. The Morgan fingerprint density at radius 1 is 1.03 bits per heavy atom. The summed E-state index contributed by atoms with van der Waals surface area (Å²) in [7, 11) is 0. The molecule has 0 aromatic rings. The van der Waals surface area contributed by atoms with Gasteiger partial charge in [0.25, 0.3) is 0 Å². The van der Waals surface area contributed by atoms with Gasteiger partial charge >= 0.3 is 12.1 Å². The van der Waals surface area contributed by atoms with E-state index in [1.54, 1.807) is 48.5 Å². The molecule has 0 aromatic heterocycles. The number of aliphatic carboxylic acids is 1. The molecule has 0 aliphatic carbocycles. The number of rotatable bonds is 4. The quantitative estimate of drug-likeness (QED) is 0.699. The first-order valence-electron chi connectivity index (χ1n) is 9.73. The highest BCUT2D eigenvalue weighted by atomic mass is 16.8. The van der Waals surface area contributed by atoms with Crippen LogP contribution in [0.25, 0.3) is 0 Å². The molecule has 10 nitrogen and oxygen atoms in total. The van der Waals surface area contributed by atoms with Crippen molar-refractivity contribution in [2.45, 2.75) is 102 Å². The van der Waals surface area contributed by atoms with E-state index >= 15 is 0 Å². The van der Waals surface area contributed by atoms with Gasteiger partial charge in [0.15, 0.2) is 17.6 Å². The molecule has 166 valence electrons. The number of amides is 1. The molecule has 29 heavy (non-hydrogen) atoms. The van der Waals surface area contributed by atoms with Gasteiger partial charge < -0.3 is 38.8 Å². The molecule has 10 heteroatoms. The van der Waals surface area contributed by atoms with Crippen molar-refractivity contribution in [3.63, 3.8) is 0 Å². The number of carboxylic acid groups (broad SMARTS) is 1. The van der Waals surface area contributed by atoms with E-state index in [0.717, 1.165) is 0 Å². The summed E-state index contributed by atoms with van der Waals surface area (Å²) >= 11 is 0. The lowest BCUT2D eigenvalue weighted by atomic mass is 10.0. The summed E-state index contributed by atoms with van der Waals surface area (Å²) in [6, 6.07) is -1.39. The molecule has 0 bridgehead atoms. The van der Waals surface area contributed by atoms with Gasteiger partial charge in [0, 0.05) is 0 Å². The molecular weight excluding hydrogens is 386 g/mol. The van der Waals surface area contributed by atoms with Crippen molar-refractivity contribution in [2.75, 3.05) is 6.61 Å². The van der Waals surface area contributed by atoms with Gasteiger partial charge in [0.1, 0.15) is 36.1 Å². The number of hydrogen-bond acceptors (Lipinski definition) is 8. The summed E-state index contributed by atoms with van der Waals surface area (Å²) in [5.74, 6) is -2.98. The highest BCUT2D eigenvalue weighted by molar-refractivity contribution is 5.81. The van der Waals surface area contributed by atoms with Crippen LogP contribution in [0, 0.1) is 0 Å². The van der Waals surface area contributed by atoms with E-state index in [1.165, 1.54) is 0 Å². The van der Waals surface area contributed by atoms with Gasteiger partial charge in [0.2, 0.25) is 0 Å². The second-order valence-electron chi connectivity index (χ2n) is 9.46. The van der Waals surface area contributed by atoms with E-state index in [2.05, 4.69) is 5.32 Å². The molecule has 3 saturated heterocycles. The zero-order valence-corrected chi connectivity index (χ0v) is 17.9. The monoisotopic (exact) mass is 417 g/mol. The number of fused-ring (bicyclic) bond motifs is 1. The van der Waals surface area contributed by atoms with E-state index in [9.17, 15) is 14.7 Å². The lowest BCUT2D eigenvalue weighted by Crippen LogP contribution is -2.54. The van der Waals surface area contributed by atoms with Crippen LogP contribution in [0.2, 0.25) is 0 Å². The van der Waals surface area contributed by atoms with Gasteiger partial charge in [-0.1, -0.05) is 0 Å². The fraction of sp³-hybridized carbons (Fsp3) is 0.895. The summed E-state index contributed by atoms with van der Waals surface area (Å²) in [5, 5.41) is 12.2. The zero-order chi connectivity index (χ0) is 21.8. The molecule has 3 aliphatic heterocycles. The third-order valence-electron chi connectivity index (χ3n) is 4.79. The Labute approximate surface area is 170 Å². The van der Waals surface area contributed by atoms with Crippen molar-refractivity contribution >= 4 is 12.1 Å². The number of nitrogens with one attached hydrogen (secondary N) is 1. The first kappa shape index (κ1) is 22.2. The van der Waals surface area contributed by atoms with Crippen LogP contribution in [0.3, 0.4) is 0 Å². The Hall–Kier alpha value is -1.46. The maximum Gasteiger partial charge on any atom is 0.408 e. The molecule has 2 N–H and O–H groups in total. The molecule has 3 heterocycles. The van der Waals surface area contributed by atoms with Crippen molar-refractivity contribution < 1.29 is 43.1 Å². The fourth-order valence-electron chi connectivity index (χ4n) is 3.83. The second-order valence-corrected chi connectivity index (χ2v) is 9.46. The van der Waals surface area contributed by atoms with Gasteiger partial charge in [-0.2, -0.15) is 0 Å². The first-order valence-corrected chi connectivity index (χ1v) is 9.73. The molecular formula is C19H31NO9. The maximum absolute atomic E-state index is 12.2. The molecule has 6 atom stereocenters. The lowest BCUT2D eigenvalue weighted by Gasteiger charge is -2.29. The number of alkyl carbamates (subject to hydrolysis) is 1. The van der Waals surface area contributed by atoms with Crippen LogP contribution in [-0.2, 0) is 33.2 Å². The summed E-state index contributed by atoms with van der Waals surface area (Å²) in [4.78, 5) is 24.2. The van der Waals surface area contributed by atoms with Crippen LogP contribution < -0.4 is 5.32 Å². The minimum absolute atomic E-state index is 0.272. The zero-order valence-electron chi connectivity index (χ0n) is 17.9. The van der Waals surface area contributed by atoms with Gasteiger partial charge in [-0.05, 0) is 48.5 Å². The summed E-state index contributed by atoms with van der Waals surface area (Å²) in [5.41, 5.74) is -0.774. The van der Waals surface area contributed by atoms with Gasteiger partial charge in [0.05, 0.1) is 6.61 Å². The van der Waals surface area contributed by atoms with Crippen LogP contribution in [-0.4, -0.2) is 77.5 Å². The average Bonchev–Trinajstić information content (AvgIpc) is 3.13. The molecule has 0 aromatic carbocycles. The lowest BCUT2D eigenvalue weighted by molar-refractivity contribution is -0.210. The Morgan fingerprint density at radius 2 is 1.66 bits per heavy atom. The average molecular weight is 417 g/mol. The minimum atomic E-state index is -1.39. The summed E-state index contributed by atoms with van der Waals surface area (Å²) < 4.78 is 34.7. The van der Waals surface area contributed by atoms with Crippen LogP contribution in [0.15, 0.2) is 0 Å². The Morgan fingerprint density at radius 3 is 2.17 bits per heavy atom. The Kier molecular flexibility index (Phi) is 5.63. The highest BCUT2D eigenvalue weighted by Crippen LogP contribution is 2.43. The Bertz CT molecular complexity index is 657. The van der Waals surface area contributed by atoms with Crippen LogP contribution in [0.5, 0.6) is 0 Å². The van der Waals surface area contributed by atoms with Crippen molar-refractivity contribution in [2.24, 2.45) is 0 Å². The van der Waals surface area contributed by atoms with E-state index in [-0.39, 0.29) is 6.61 Å². The summed E-state index contributed by atoms with van der Waals surface area (Å²) in [6.45, 7) is 12.4. The van der Waals surface area contributed by atoms with Crippen molar-refractivity contribution in [3.05, 3.63) is 0 Å². The van der Waals surface area contributed by atoms with E-state index < -0.39 is 65.8 Å². The number of carbonyl (C=O) groups excluding carboxylic acids is 1. The standard InChI is InChI=1S/C19H31NO9/c1-17(2,3)29-16(23)20-10(15(21)22)12-14-13(27-19(6,7)28-14)11(25-12)9-8-24-18(4,5)26-9/h9-14H,8H2,1-7H3,(H,20,23)(H,21,22)/t9-,10-,11-,12+,13+,14-/m1/s1. The van der Waals surface area contributed by atoms with Crippen LogP contribution in [0.1, 0.15) is 48.5 Å². The predicted octanol–water partition coefficient (Wildman–Crippen LogP) is 1.40. The number of ether oxygens (including phenoxy) is 6. The van der Waals surface area contributed by atoms with Crippen molar-refractivity contribution in [1.82, 2.24) is 5.32 Å². The van der Waals surface area contributed by atoms with E-state index in [0.29, 0.717) is 0 Å². The fourth-order valence-corrected chi connectivity index (χ4v) is 3.83. The number of carboxylic acids is 1. The largest absolute Gasteiger partial charge is 0.480 e. The summed E-state index contributed by atoms with van der Waals surface area (Å²) in [6.07, 6.45) is -4.21. The van der Waals surface area contributed by atoms with Gasteiger partial charge in [-0.25, -0.2) is 9.59 Å². The highest BCUT2D eigenvalue weighted by Gasteiger charge is 2.61. The SMILES string of the molecule is CC(C)(C)OC(=O)N[C@@H](C(=O)O)[C@@H]1O[C@H]([C@H]2COC(C)(C)O2)[C@@H]2OC(C)(C)O[C@@H]21. The third kappa shape index (κ3) is 5.00. The Balaban J connectivity index is 1.81. The molecule has 3 rings (SSSR count). The predicted molar refractivity (Wildman–Crippen MR) is 98.2 cm³/mol. The molecule has 0 saturated carbocycles. The maximum atomic E-state index is 12.2. The van der Waals surface area contributed by atoms with Crippen molar-refractivity contribution in [1.29, 1.82) is 0 Å². The smallest absolute Gasteiger partial charge is 0.408 e. The second kappa shape index (κ2) is 7.35. The van der Waals surface area contributed by atoms with Crippen LogP contribution in [0.4, 0.5) is 4.79 Å². The molecule has 0 spiro atoms. The van der Waals surface area contributed by atoms with Gasteiger partial charge in [-0.3, -0.25) is 0 Å². The topological polar surface area (TPSA) is 122 Å². The third-order valence-corrected chi connectivity index (χ3v) is 4.79. The molecule has 0 unspecified atom stereocenters. The molecule has 0 radical (unpaired) electrons. The first-order chi connectivity index (χ1) is 13.2. The minimum Gasteiger partial charge on any atom is -0.480 e. The van der Waals surface area contributed by atoms with Crippen molar-refractivity contribution in [3.8, 4) is 0 Å². The van der Waals surface area contributed by atoms with E-state index in [4.69, 9.17) is 28.4 Å². The normalized spacial score (nSPS) is 36.4. The molecule has 3 fully saturated rings. The van der Waals surface area contributed by atoms with E-state index in [1.807, 2.05) is 0 Å². The number of hydrogen-bond donors (Lipinski definition) is 2. The van der Waals surface area contributed by atoms with Crippen LogP contribution >= 0.6 is 0 Å². The molecule has 3 aliphatic rings. The van der Waals surface area contributed by atoms with Gasteiger partial charge in [-0.15, -0.1) is 0 Å². The molecule has 1 amide bonds.